The van der Waals surface area contributed by atoms with Crippen LogP contribution in [-0.2, 0) is 5.75 Å². The second-order valence-electron chi connectivity index (χ2n) is 6.59. The first kappa shape index (κ1) is 19.3. The van der Waals surface area contributed by atoms with Crippen molar-refractivity contribution in [3.05, 3.63) is 77.9 Å². The molecule has 148 valence electrons. The van der Waals surface area contributed by atoms with Crippen molar-refractivity contribution in [2.24, 2.45) is 0 Å². The zero-order valence-electron chi connectivity index (χ0n) is 16.0. The Morgan fingerprint density at radius 3 is 2.52 bits per heavy atom. The highest BCUT2D eigenvalue weighted by Crippen LogP contribution is 2.30. The van der Waals surface area contributed by atoms with Crippen molar-refractivity contribution in [3.63, 3.8) is 0 Å². The van der Waals surface area contributed by atoms with E-state index in [-0.39, 0.29) is 5.75 Å². The first-order chi connectivity index (χ1) is 14.0. The zero-order valence-corrected chi connectivity index (χ0v) is 16.8. The largest absolute Gasteiger partial charge is 0.319 e. The number of hydrogen-bond donors (Lipinski definition) is 0. The monoisotopic (exact) mass is 411 g/mol. The predicted molar refractivity (Wildman–Crippen MR) is 109 cm³/mol. The van der Waals surface area contributed by atoms with Crippen LogP contribution in [0, 0.1) is 13.8 Å². The summed E-state index contributed by atoms with van der Waals surface area (Å²) < 4.78 is 29.1. The van der Waals surface area contributed by atoms with Crippen molar-refractivity contribution in [2.75, 3.05) is 0 Å². The van der Waals surface area contributed by atoms with Gasteiger partial charge in [0.05, 0.1) is 11.4 Å². The number of imidazole rings is 1. The minimum atomic E-state index is -2.62. The third-order valence-corrected chi connectivity index (χ3v) is 5.63. The fraction of sp³-hybridized carbons (Fsp3) is 0.190. The Labute approximate surface area is 171 Å². The van der Waals surface area contributed by atoms with Gasteiger partial charge in [0.15, 0.2) is 11.0 Å². The smallest absolute Gasteiger partial charge is 0.277 e. The molecule has 0 aliphatic rings. The Morgan fingerprint density at radius 2 is 1.79 bits per heavy atom. The van der Waals surface area contributed by atoms with E-state index in [0.717, 1.165) is 21.4 Å². The summed E-state index contributed by atoms with van der Waals surface area (Å²) >= 11 is 1.33. The summed E-state index contributed by atoms with van der Waals surface area (Å²) in [5.41, 5.74) is 4.20. The molecule has 5 nitrogen and oxygen atoms in total. The molecular weight excluding hydrogens is 392 g/mol. The highest BCUT2D eigenvalue weighted by Gasteiger charge is 2.18. The van der Waals surface area contributed by atoms with Crippen molar-refractivity contribution in [1.82, 2.24) is 24.3 Å². The molecule has 4 aromatic rings. The van der Waals surface area contributed by atoms with E-state index in [1.54, 1.807) is 0 Å². The minimum absolute atomic E-state index is 0.259. The fourth-order valence-corrected chi connectivity index (χ4v) is 3.90. The van der Waals surface area contributed by atoms with Crippen molar-refractivity contribution in [2.45, 2.75) is 31.3 Å². The van der Waals surface area contributed by atoms with Gasteiger partial charge in [-0.25, -0.2) is 4.98 Å². The molecule has 2 heterocycles. The number of nitrogens with zero attached hydrogens (tertiary/aromatic N) is 5. The van der Waals surface area contributed by atoms with Gasteiger partial charge >= 0.3 is 6.55 Å². The van der Waals surface area contributed by atoms with Crippen LogP contribution in [0.3, 0.4) is 0 Å². The zero-order chi connectivity index (χ0) is 20.4. The van der Waals surface area contributed by atoms with Crippen LogP contribution in [0.25, 0.3) is 17.1 Å². The number of hydrogen-bond acceptors (Lipinski definition) is 4. The van der Waals surface area contributed by atoms with Crippen molar-refractivity contribution < 1.29 is 8.78 Å². The van der Waals surface area contributed by atoms with Crippen molar-refractivity contribution in [1.29, 1.82) is 0 Å². The topological polar surface area (TPSA) is 48.5 Å². The Bertz CT molecular complexity index is 1120. The van der Waals surface area contributed by atoms with E-state index in [1.165, 1.54) is 29.7 Å². The van der Waals surface area contributed by atoms with Gasteiger partial charge in [0.2, 0.25) is 0 Å². The molecule has 0 radical (unpaired) electrons. The molecule has 0 bridgehead atoms. The Morgan fingerprint density at radius 1 is 1.00 bits per heavy atom. The summed E-state index contributed by atoms with van der Waals surface area (Å²) in [6.45, 7) is 1.49. The third kappa shape index (κ3) is 3.93. The normalized spacial score (nSPS) is 11.3. The minimum Gasteiger partial charge on any atom is -0.277 e. The van der Waals surface area contributed by atoms with Gasteiger partial charge in [0.1, 0.15) is 5.82 Å². The maximum Gasteiger partial charge on any atom is 0.319 e. The lowest BCUT2D eigenvalue weighted by Crippen LogP contribution is -2.04. The molecular formula is C21H19F2N5S. The lowest BCUT2D eigenvalue weighted by atomic mass is 10.1. The fourth-order valence-electron chi connectivity index (χ4n) is 3.00. The average molecular weight is 411 g/mol. The van der Waals surface area contributed by atoms with Gasteiger partial charge in [0, 0.05) is 18.0 Å². The standard InChI is InChI=1S/C21H19F2N5S/c1-14-8-9-17(12-15(14)2)28-19(16-6-4-3-5-7-16)25-26-21(28)29-13-18-24-10-11-27(18)20(22)23/h3-12,20H,13H2,1-2H3. The number of halogens is 2. The summed E-state index contributed by atoms with van der Waals surface area (Å²) in [7, 11) is 0. The number of benzene rings is 2. The second kappa shape index (κ2) is 8.16. The molecule has 2 aromatic heterocycles. The van der Waals surface area contributed by atoms with Crippen LogP contribution in [0.5, 0.6) is 0 Å². The number of aryl methyl sites for hydroxylation is 2. The number of aromatic nitrogens is 5. The van der Waals surface area contributed by atoms with Gasteiger partial charge in [-0.3, -0.25) is 9.13 Å². The van der Waals surface area contributed by atoms with E-state index in [0.29, 0.717) is 16.8 Å². The molecule has 4 rings (SSSR count). The highest BCUT2D eigenvalue weighted by atomic mass is 32.2. The van der Waals surface area contributed by atoms with E-state index in [9.17, 15) is 8.78 Å². The molecule has 0 N–H and O–H groups in total. The van der Waals surface area contributed by atoms with Gasteiger partial charge in [-0.15, -0.1) is 10.2 Å². The SMILES string of the molecule is Cc1ccc(-n2c(SCc3nccn3C(F)F)nnc2-c2ccccc2)cc1C. The lowest BCUT2D eigenvalue weighted by molar-refractivity contribution is 0.0678. The van der Waals surface area contributed by atoms with Gasteiger partial charge in [0.25, 0.3) is 0 Å². The van der Waals surface area contributed by atoms with Crippen LogP contribution in [0.4, 0.5) is 8.78 Å². The maximum atomic E-state index is 13.1. The summed E-state index contributed by atoms with van der Waals surface area (Å²) in [5.74, 6) is 1.25. The average Bonchev–Trinajstić information content (AvgIpc) is 3.36. The quantitative estimate of drug-likeness (QED) is 0.397. The molecule has 29 heavy (non-hydrogen) atoms. The number of thioether (sulfide) groups is 1. The van der Waals surface area contributed by atoms with Crippen LogP contribution in [0.1, 0.15) is 23.5 Å². The van der Waals surface area contributed by atoms with Crippen molar-refractivity contribution >= 4 is 11.8 Å². The molecule has 0 spiro atoms. The molecule has 8 heteroatoms. The summed E-state index contributed by atoms with van der Waals surface area (Å²) in [4.78, 5) is 4.05. The van der Waals surface area contributed by atoms with Gasteiger partial charge in [-0.05, 0) is 37.1 Å². The van der Waals surface area contributed by atoms with Crippen LogP contribution >= 0.6 is 11.8 Å². The molecule has 0 fully saturated rings. The summed E-state index contributed by atoms with van der Waals surface area (Å²) in [5, 5.41) is 9.36. The summed E-state index contributed by atoms with van der Waals surface area (Å²) in [6.07, 6.45) is 2.66. The molecule has 0 amide bonds. The van der Waals surface area contributed by atoms with Gasteiger partial charge < -0.3 is 0 Å². The van der Waals surface area contributed by atoms with Crippen LogP contribution in [0.15, 0.2) is 66.1 Å². The third-order valence-electron chi connectivity index (χ3n) is 4.70. The van der Waals surface area contributed by atoms with E-state index < -0.39 is 6.55 Å². The number of alkyl halides is 2. The maximum absolute atomic E-state index is 13.1. The molecule has 0 unspecified atom stereocenters. The van der Waals surface area contributed by atoms with Crippen LogP contribution in [-0.4, -0.2) is 24.3 Å². The Balaban J connectivity index is 1.75. The van der Waals surface area contributed by atoms with E-state index in [4.69, 9.17) is 0 Å². The molecule has 0 saturated heterocycles. The van der Waals surface area contributed by atoms with Crippen LogP contribution < -0.4 is 0 Å². The van der Waals surface area contributed by atoms with E-state index in [1.807, 2.05) is 41.0 Å². The highest BCUT2D eigenvalue weighted by molar-refractivity contribution is 7.98. The molecule has 0 aliphatic heterocycles. The second-order valence-corrected chi connectivity index (χ2v) is 7.54. The lowest BCUT2D eigenvalue weighted by Gasteiger charge is -2.12. The first-order valence-corrected chi connectivity index (χ1v) is 10.0. The molecule has 2 aromatic carbocycles. The Kier molecular flexibility index (Phi) is 5.44. The predicted octanol–water partition coefficient (Wildman–Crippen LogP) is 5.44. The van der Waals surface area contributed by atoms with Crippen molar-refractivity contribution in [3.8, 4) is 17.1 Å². The van der Waals surface area contributed by atoms with Crippen LogP contribution in [0.2, 0.25) is 0 Å². The molecule has 0 saturated carbocycles. The van der Waals surface area contributed by atoms with Gasteiger partial charge in [-0.1, -0.05) is 48.2 Å². The summed E-state index contributed by atoms with van der Waals surface area (Å²) in [6, 6.07) is 15.9. The molecule has 0 aliphatic carbocycles. The van der Waals surface area contributed by atoms with Gasteiger partial charge in [-0.2, -0.15) is 8.78 Å². The first-order valence-electron chi connectivity index (χ1n) is 9.05. The molecule has 0 atom stereocenters. The van der Waals surface area contributed by atoms with E-state index in [2.05, 4.69) is 41.2 Å². The number of rotatable bonds is 6. The Hall–Kier alpha value is -3.00. The van der Waals surface area contributed by atoms with E-state index >= 15 is 0 Å².